The Morgan fingerprint density at radius 2 is 1.92 bits per heavy atom. The summed E-state index contributed by atoms with van der Waals surface area (Å²) in [5.41, 5.74) is 0.359. The van der Waals surface area contributed by atoms with E-state index in [4.69, 9.17) is 4.52 Å². The molecule has 0 amide bonds. The highest BCUT2D eigenvalue weighted by Crippen LogP contribution is 2.21. The molecule has 1 atom stereocenters. The molecule has 0 aliphatic carbocycles. The molecule has 0 saturated heterocycles. The van der Waals surface area contributed by atoms with Crippen molar-refractivity contribution < 1.29 is 4.52 Å². The normalized spacial score (nSPS) is 13.5. The summed E-state index contributed by atoms with van der Waals surface area (Å²) in [6, 6.07) is 0.387. The summed E-state index contributed by atoms with van der Waals surface area (Å²) < 4.78 is 5.25. The largest absolute Gasteiger partial charge is 0.357 e. The van der Waals surface area contributed by atoms with E-state index < -0.39 is 0 Å². The number of nitrogens with one attached hydrogen (secondary N) is 2. The van der Waals surface area contributed by atoms with E-state index in [9.17, 15) is 0 Å². The lowest BCUT2D eigenvalue weighted by Crippen LogP contribution is -2.42. The standard InChI is InChI=1S/C18H35N5O.HI/c1-8-19-17(21-14(4)9-11-18(5,6)7)20-12-10-15-22-16(13(2)3)23-24-15;/h13-14H,8-12H2,1-7H3,(H2,19,20,21);1H. The van der Waals surface area contributed by atoms with Crippen LogP contribution in [0.5, 0.6) is 0 Å². The van der Waals surface area contributed by atoms with Crippen LogP contribution in [-0.2, 0) is 6.42 Å². The van der Waals surface area contributed by atoms with Gasteiger partial charge in [0.05, 0.1) is 6.54 Å². The van der Waals surface area contributed by atoms with Gasteiger partial charge < -0.3 is 15.2 Å². The first kappa shape index (κ1) is 24.1. The van der Waals surface area contributed by atoms with Crippen LogP contribution in [0.4, 0.5) is 0 Å². The lowest BCUT2D eigenvalue weighted by atomic mass is 9.89. The zero-order valence-electron chi connectivity index (χ0n) is 16.8. The molecule has 0 aliphatic heterocycles. The highest BCUT2D eigenvalue weighted by atomic mass is 127. The van der Waals surface area contributed by atoms with Gasteiger partial charge >= 0.3 is 0 Å². The summed E-state index contributed by atoms with van der Waals surface area (Å²) in [6.07, 6.45) is 2.96. The summed E-state index contributed by atoms with van der Waals surface area (Å²) in [6.45, 7) is 16.7. The highest BCUT2D eigenvalue weighted by Gasteiger charge is 2.13. The van der Waals surface area contributed by atoms with Crippen LogP contribution in [0.1, 0.15) is 78.9 Å². The average molecular weight is 465 g/mol. The van der Waals surface area contributed by atoms with Gasteiger partial charge in [0.15, 0.2) is 11.8 Å². The van der Waals surface area contributed by atoms with E-state index in [1.54, 1.807) is 0 Å². The number of hydrogen-bond donors (Lipinski definition) is 2. The Morgan fingerprint density at radius 1 is 1.24 bits per heavy atom. The molecule has 0 bridgehead atoms. The van der Waals surface area contributed by atoms with Crippen molar-refractivity contribution in [2.75, 3.05) is 13.1 Å². The van der Waals surface area contributed by atoms with Crippen LogP contribution in [0.25, 0.3) is 0 Å². The van der Waals surface area contributed by atoms with E-state index >= 15 is 0 Å². The van der Waals surface area contributed by atoms with Crippen molar-refractivity contribution in [2.24, 2.45) is 10.4 Å². The first-order valence-electron chi connectivity index (χ1n) is 9.08. The summed E-state index contributed by atoms with van der Waals surface area (Å²) in [5, 5.41) is 10.7. The van der Waals surface area contributed by atoms with Gasteiger partial charge in [-0.05, 0) is 32.1 Å². The lowest BCUT2D eigenvalue weighted by molar-refractivity contribution is 0.346. The lowest BCUT2D eigenvalue weighted by Gasteiger charge is -2.23. The Hall–Kier alpha value is -0.860. The zero-order valence-corrected chi connectivity index (χ0v) is 19.2. The van der Waals surface area contributed by atoms with Gasteiger partial charge in [0.1, 0.15) is 0 Å². The maximum Gasteiger partial charge on any atom is 0.228 e. The quantitative estimate of drug-likeness (QED) is 0.343. The van der Waals surface area contributed by atoms with Crippen molar-refractivity contribution in [3.8, 4) is 0 Å². The monoisotopic (exact) mass is 465 g/mol. The second-order valence-electron chi connectivity index (χ2n) is 7.86. The van der Waals surface area contributed by atoms with Crippen molar-refractivity contribution in [2.45, 2.75) is 79.7 Å². The smallest absolute Gasteiger partial charge is 0.228 e. The van der Waals surface area contributed by atoms with Crippen LogP contribution >= 0.6 is 24.0 Å². The van der Waals surface area contributed by atoms with Gasteiger partial charge in [-0.2, -0.15) is 4.98 Å². The molecule has 1 heterocycles. The molecule has 1 aromatic heterocycles. The predicted molar refractivity (Wildman–Crippen MR) is 115 cm³/mol. The topological polar surface area (TPSA) is 75.3 Å². The molecular formula is C18H36IN5O. The third kappa shape index (κ3) is 10.7. The van der Waals surface area contributed by atoms with Crippen LogP contribution in [0.3, 0.4) is 0 Å². The van der Waals surface area contributed by atoms with Crippen LogP contribution < -0.4 is 10.6 Å². The van der Waals surface area contributed by atoms with E-state index in [1.807, 2.05) is 0 Å². The summed E-state index contributed by atoms with van der Waals surface area (Å²) in [7, 11) is 0. The van der Waals surface area contributed by atoms with Crippen molar-refractivity contribution >= 4 is 29.9 Å². The van der Waals surface area contributed by atoms with Gasteiger partial charge in [0, 0.05) is 24.9 Å². The predicted octanol–water partition coefficient (Wildman–Crippen LogP) is 4.12. The van der Waals surface area contributed by atoms with Gasteiger partial charge in [-0.1, -0.05) is 39.8 Å². The fourth-order valence-electron chi connectivity index (χ4n) is 2.14. The van der Waals surface area contributed by atoms with Crippen molar-refractivity contribution in [3.05, 3.63) is 11.7 Å². The van der Waals surface area contributed by atoms with Gasteiger partial charge in [-0.25, -0.2) is 0 Å². The average Bonchev–Trinajstić information content (AvgIpc) is 2.94. The maximum atomic E-state index is 5.25. The number of aliphatic imine (C=N–C) groups is 1. The molecule has 0 aliphatic rings. The van der Waals surface area contributed by atoms with Crippen LogP contribution in [0.15, 0.2) is 9.52 Å². The van der Waals surface area contributed by atoms with Crippen molar-refractivity contribution in [1.82, 2.24) is 20.8 Å². The van der Waals surface area contributed by atoms with Crippen molar-refractivity contribution in [3.63, 3.8) is 0 Å². The molecule has 0 spiro atoms. The molecule has 146 valence electrons. The molecule has 1 unspecified atom stereocenters. The minimum absolute atomic E-state index is 0. The Labute approximate surface area is 170 Å². The highest BCUT2D eigenvalue weighted by molar-refractivity contribution is 14.0. The van der Waals surface area contributed by atoms with Crippen LogP contribution in [0.2, 0.25) is 0 Å². The SMILES string of the molecule is CCNC(=NCCc1nc(C(C)C)no1)NC(C)CCC(C)(C)C.I. The molecular weight excluding hydrogens is 429 g/mol. The third-order valence-corrected chi connectivity index (χ3v) is 3.65. The second-order valence-corrected chi connectivity index (χ2v) is 7.86. The number of hydrogen-bond acceptors (Lipinski definition) is 4. The van der Waals surface area contributed by atoms with Gasteiger partial charge in [-0.3, -0.25) is 4.99 Å². The number of aromatic nitrogens is 2. The number of guanidine groups is 1. The van der Waals surface area contributed by atoms with E-state index in [2.05, 4.69) is 74.2 Å². The first-order chi connectivity index (χ1) is 11.2. The molecule has 1 aromatic rings. The zero-order chi connectivity index (χ0) is 18.2. The van der Waals surface area contributed by atoms with Crippen molar-refractivity contribution in [1.29, 1.82) is 0 Å². The van der Waals surface area contributed by atoms with E-state index in [0.717, 1.165) is 24.7 Å². The van der Waals surface area contributed by atoms with Gasteiger partial charge in [0.2, 0.25) is 5.89 Å². The molecule has 25 heavy (non-hydrogen) atoms. The first-order valence-corrected chi connectivity index (χ1v) is 9.08. The molecule has 7 heteroatoms. The van der Waals surface area contributed by atoms with Crippen LogP contribution in [-0.4, -0.2) is 35.2 Å². The molecule has 0 aromatic carbocycles. The fraction of sp³-hybridized carbons (Fsp3) is 0.833. The van der Waals surface area contributed by atoms with Gasteiger partial charge in [0.25, 0.3) is 0 Å². The Morgan fingerprint density at radius 3 is 2.44 bits per heavy atom. The molecule has 6 nitrogen and oxygen atoms in total. The molecule has 0 saturated carbocycles. The maximum absolute atomic E-state index is 5.25. The third-order valence-electron chi connectivity index (χ3n) is 3.65. The number of halogens is 1. The van der Waals surface area contributed by atoms with E-state index in [0.29, 0.717) is 30.3 Å². The molecule has 0 radical (unpaired) electrons. The number of rotatable bonds is 8. The molecule has 2 N–H and O–H groups in total. The minimum atomic E-state index is 0. The molecule has 0 fully saturated rings. The van der Waals surface area contributed by atoms with E-state index in [-0.39, 0.29) is 29.9 Å². The second kappa shape index (κ2) is 11.7. The molecule has 1 rings (SSSR count). The fourth-order valence-corrected chi connectivity index (χ4v) is 2.14. The summed E-state index contributed by atoms with van der Waals surface area (Å²) >= 11 is 0. The Kier molecular flexibility index (Phi) is 11.3. The number of nitrogens with zero attached hydrogens (tertiary/aromatic N) is 3. The minimum Gasteiger partial charge on any atom is -0.357 e. The summed E-state index contributed by atoms with van der Waals surface area (Å²) in [4.78, 5) is 9.00. The van der Waals surface area contributed by atoms with E-state index in [1.165, 1.54) is 6.42 Å². The Bertz CT molecular complexity index is 508. The van der Waals surface area contributed by atoms with Crippen LogP contribution in [0, 0.1) is 5.41 Å². The summed E-state index contributed by atoms with van der Waals surface area (Å²) in [5.74, 6) is 2.55. The Balaban J connectivity index is 0.00000576. The van der Waals surface area contributed by atoms with Gasteiger partial charge in [-0.15, -0.1) is 24.0 Å².